The minimum atomic E-state index is 0.00114. The summed E-state index contributed by atoms with van der Waals surface area (Å²) >= 11 is 0. The maximum absolute atomic E-state index is 13.0. The van der Waals surface area contributed by atoms with E-state index in [1.54, 1.807) is 12.3 Å². The Labute approximate surface area is 176 Å². The van der Waals surface area contributed by atoms with E-state index < -0.39 is 0 Å². The van der Waals surface area contributed by atoms with Crippen molar-refractivity contribution in [3.63, 3.8) is 0 Å². The molecular weight excluding hydrogens is 376 g/mol. The number of aromatic amines is 1. The summed E-state index contributed by atoms with van der Waals surface area (Å²) in [5, 5.41) is 7.48. The summed E-state index contributed by atoms with van der Waals surface area (Å²) in [6.45, 7) is 8.06. The molecule has 4 heterocycles. The van der Waals surface area contributed by atoms with Gasteiger partial charge in [-0.2, -0.15) is 5.10 Å². The number of hydrogen-bond donors (Lipinski definition) is 1. The van der Waals surface area contributed by atoms with Crippen LogP contribution in [-0.2, 0) is 6.54 Å². The zero-order valence-electron chi connectivity index (χ0n) is 17.4. The summed E-state index contributed by atoms with van der Waals surface area (Å²) < 4.78 is 0. The van der Waals surface area contributed by atoms with Crippen molar-refractivity contribution in [2.75, 3.05) is 26.2 Å². The van der Waals surface area contributed by atoms with Crippen molar-refractivity contribution in [2.45, 2.75) is 26.3 Å². The van der Waals surface area contributed by atoms with Gasteiger partial charge >= 0.3 is 0 Å². The molecule has 2 aromatic heterocycles. The lowest BCUT2D eigenvalue weighted by Crippen LogP contribution is -2.61. The van der Waals surface area contributed by atoms with Gasteiger partial charge in [-0.15, -0.1) is 0 Å². The molecule has 1 spiro atoms. The van der Waals surface area contributed by atoms with Crippen LogP contribution in [0.4, 0.5) is 0 Å². The third kappa shape index (κ3) is 3.39. The highest BCUT2D eigenvalue weighted by atomic mass is 16.2. The SMILES string of the molecule is Cc1cc(C(=O)N2CC3(CN(Cc4ccccc4)CC3c3n[nH]c(C)n3)C2)ccn1. The lowest BCUT2D eigenvalue weighted by atomic mass is 9.71. The highest BCUT2D eigenvalue weighted by Gasteiger charge is 2.57. The second-order valence-corrected chi connectivity index (χ2v) is 8.70. The summed E-state index contributed by atoms with van der Waals surface area (Å²) in [6, 6.07) is 14.2. The van der Waals surface area contributed by atoms with E-state index in [0.717, 1.165) is 50.1 Å². The molecule has 1 N–H and O–H groups in total. The molecule has 30 heavy (non-hydrogen) atoms. The van der Waals surface area contributed by atoms with Gasteiger partial charge in [0.25, 0.3) is 5.91 Å². The molecular formula is C23H26N6O. The Morgan fingerprint density at radius 2 is 1.97 bits per heavy atom. The van der Waals surface area contributed by atoms with Gasteiger partial charge in [0.1, 0.15) is 5.82 Å². The smallest absolute Gasteiger partial charge is 0.254 e. The van der Waals surface area contributed by atoms with Crippen molar-refractivity contribution in [1.29, 1.82) is 0 Å². The number of hydrogen-bond acceptors (Lipinski definition) is 5. The van der Waals surface area contributed by atoms with Gasteiger partial charge in [-0.05, 0) is 31.5 Å². The number of amides is 1. The first-order chi connectivity index (χ1) is 14.5. The van der Waals surface area contributed by atoms with Crippen LogP contribution >= 0.6 is 0 Å². The average Bonchev–Trinajstić information content (AvgIpc) is 3.31. The van der Waals surface area contributed by atoms with Crippen molar-refractivity contribution < 1.29 is 4.79 Å². The molecule has 2 saturated heterocycles. The van der Waals surface area contributed by atoms with Crippen molar-refractivity contribution in [1.82, 2.24) is 30.0 Å². The lowest BCUT2D eigenvalue weighted by Gasteiger charge is -2.50. The number of carbonyl (C=O) groups excluding carboxylic acids is 1. The molecule has 154 valence electrons. The fraction of sp³-hybridized carbons (Fsp3) is 0.391. The molecule has 1 unspecified atom stereocenters. The Hall–Kier alpha value is -3.06. The second kappa shape index (κ2) is 7.32. The van der Waals surface area contributed by atoms with Crippen LogP contribution in [0, 0.1) is 19.3 Å². The maximum Gasteiger partial charge on any atom is 0.254 e. The number of rotatable bonds is 4. The topological polar surface area (TPSA) is 78.0 Å². The van der Waals surface area contributed by atoms with E-state index in [0.29, 0.717) is 5.56 Å². The van der Waals surface area contributed by atoms with Crippen LogP contribution in [-0.4, -0.2) is 62.1 Å². The Bertz CT molecular complexity index is 1060. The van der Waals surface area contributed by atoms with E-state index in [4.69, 9.17) is 0 Å². The molecule has 7 nitrogen and oxygen atoms in total. The maximum atomic E-state index is 13.0. The summed E-state index contributed by atoms with van der Waals surface area (Å²) in [5.41, 5.74) is 2.88. The monoisotopic (exact) mass is 402 g/mol. The van der Waals surface area contributed by atoms with E-state index in [9.17, 15) is 4.79 Å². The molecule has 2 fully saturated rings. The van der Waals surface area contributed by atoms with Crippen molar-refractivity contribution >= 4 is 5.91 Å². The molecule has 1 amide bonds. The van der Waals surface area contributed by atoms with Gasteiger partial charge in [0.2, 0.25) is 0 Å². The first kappa shape index (κ1) is 18.9. The van der Waals surface area contributed by atoms with Gasteiger partial charge in [0.15, 0.2) is 5.82 Å². The number of benzene rings is 1. The van der Waals surface area contributed by atoms with Gasteiger partial charge in [0, 0.05) is 61.5 Å². The number of nitrogens with zero attached hydrogens (tertiary/aromatic N) is 5. The lowest BCUT2D eigenvalue weighted by molar-refractivity contribution is 0.00178. The second-order valence-electron chi connectivity index (χ2n) is 8.70. The van der Waals surface area contributed by atoms with Crippen LogP contribution in [0.1, 0.15) is 39.2 Å². The van der Waals surface area contributed by atoms with E-state index in [1.807, 2.05) is 30.9 Å². The van der Waals surface area contributed by atoms with E-state index >= 15 is 0 Å². The van der Waals surface area contributed by atoms with Gasteiger partial charge in [-0.1, -0.05) is 30.3 Å². The van der Waals surface area contributed by atoms with Crippen molar-refractivity contribution in [3.05, 3.63) is 77.1 Å². The predicted octanol–water partition coefficient (Wildman–Crippen LogP) is 2.56. The molecule has 7 heteroatoms. The Morgan fingerprint density at radius 1 is 1.17 bits per heavy atom. The third-order valence-corrected chi connectivity index (χ3v) is 6.34. The van der Waals surface area contributed by atoms with Gasteiger partial charge in [-0.25, -0.2) is 4.98 Å². The quantitative estimate of drug-likeness (QED) is 0.726. The summed E-state index contributed by atoms with van der Waals surface area (Å²) in [6.07, 6.45) is 1.70. The third-order valence-electron chi connectivity index (χ3n) is 6.34. The van der Waals surface area contributed by atoms with Gasteiger partial charge < -0.3 is 4.90 Å². The molecule has 2 aliphatic rings. The van der Waals surface area contributed by atoms with Crippen molar-refractivity contribution in [2.24, 2.45) is 5.41 Å². The predicted molar refractivity (Wildman–Crippen MR) is 113 cm³/mol. The standard InChI is InChI=1S/C23H26N6O/c1-16-10-19(8-9-24-16)22(30)29-14-23(15-29)13-28(11-18-6-4-3-5-7-18)12-20(23)21-25-17(2)26-27-21/h3-10,20H,11-15H2,1-2H3,(H,25,26,27). The molecule has 3 aromatic rings. The normalized spacial score (nSPS) is 20.5. The van der Waals surface area contributed by atoms with Gasteiger partial charge in [0.05, 0.1) is 0 Å². The first-order valence-electron chi connectivity index (χ1n) is 10.4. The van der Waals surface area contributed by atoms with Crippen LogP contribution in [0.25, 0.3) is 0 Å². The minimum Gasteiger partial charge on any atom is -0.337 e. The Kier molecular flexibility index (Phi) is 4.62. The molecule has 2 aliphatic heterocycles. The zero-order chi connectivity index (χ0) is 20.7. The number of pyridine rings is 1. The Balaban J connectivity index is 1.36. The summed E-state index contributed by atoms with van der Waals surface area (Å²) in [4.78, 5) is 26.3. The van der Waals surface area contributed by atoms with Crippen molar-refractivity contribution in [3.8, 4) is 0 Å². The number of aromatic nitrogens is 4. The van der Waals surface area contributed by atoms with Crippen LogP contribution in [0.3, 0.4) is 0 Å². The average molecular weight is 403 g/mol. The molecule has 5 rings (SSSR count). The number of aryl methyl sites for hydroxylation is 2. The molecule has 0 bridgehead atoms. The molecule has 1 atom stereocenters. The summed E-state index contributed by atoms with van der Waals surface area (Å²) in [5.74, 6) is 2.00. The molecule has 0 radical (unpaired) electrons. The van der Waals surface area contributed by atoms with Crippen LogP contribution in [0.5, 0.6) is 0 Å². The fourth-order valence-electron chi connectivity index (χ4n) is 4.94. The minimum absolute atomic E-state index is 0.00114. The summed E-state index contributed by atoms with van der Waals surface area (Å²) in [7, 11) is 0. The fourth-order valence-corrected chi connectivity index (χ4v) is 4.94. The molecule has 0 aliphatic carbocycles. The van der Waals surface area contributed by atoms with Crippen LogP contribution in [0.2, 0.25) is 0 Å². The highest BCUT2D eigenvalue weighted by Crippen LogP contribution is 2.49. The van der Waals surface area contributed by atoms with Crippen LogP contribution < -0.4 is 0 Å². The number of carbonyl (C=O) groups is 1. The highest BCUT2D eigenvalue weighted by molar-refractivity contribution is 5.94. The molecule has 1 aromatic carbocycles. The van der Waals surface area contributed by atoms with Crippen LogP contribution in [0.15, 0.2) is 48.7 Å². The largest absolute Gasteiger partial charge is 0.337 e. The van der Waals surface area contributed by atoms with E-state index in [2.05, 4.69) is 49.3 Å². The number of nitrogens with one attached hydrogen (secondary N) is 1. The number of likely N-dealkylation sites (tertiary alicyclic amines) is 2. The van der Waals surface area contributed by atoms with Gasteiger partial charge in [-0.3, -0.25) is 19.8 Å². The molecule has 0 saturated carbocycles. The Morgan fingerprint density at radius 3 is 2.67 bits per heavy atom. The van der Waals surface area contributed by atoms with E-state index in [-0.39, 0.29) is 17.2 Å². The first-order valence-corrected chi connectivity index (χ1v) is 10.4. The number of H-pyrrole nitrogens is 1. The van der Waals surface area contributed by atoms with E-state index in [1.165, 1.54) is 5.56 Å². The zero-order valence-corrected chi connectivity index (χ0v) is 17.4.